The second-order valence-electron chi connectivity index (χ2n) is 5.67. The molecule has 106 valence electrons. The second-order valence-corrected chi connectivity index (χ2v) is 5.67. The third-order valence-electron chi connectivity index (χ3n) is 4.34. The lowest BCUT2D eigenvalue weighted by atomic mass is 9.71. The molecule has 0 N–H and O–H groups in total. The van der Waals surface area contributed by atoms with Crippen molar-refractivity contribution in [1.82, 2.24) is 0 Å². The van der Waals surface area contributed by atoms with Crippen molar-refractivity contribution in [2.24, 2.45) is 5.41 Å². The van der Waals surface area contributed by atoms with Crippen LogP contribution >= 0.6 is 0 Å². The monoisotopic (exact) mass is 281 g/mol. The van der Waals surface area contributed by atoms with Crippen LogP contribution < -0.4 is 0 Å². The van der Waals surface area contributed by atoms with E-state index in [0.717, 1.165) is 30.5 Å². The molecule has 2 heterocycles. The Bertz CT molecular complexity index is 546. The van der Waals surface area contributed by atoms with Crippen molar-refractivity contribution in [3.63, 3.8) is 0 Å². The Morgan fingerprint density at radius 2 is 1.95 bits per heavy atom. The molecule has 3 unspecified atom stereocenters. The minimum Gasteiger partial charge on any atom is -0.373 e. The minimum atomic E-state index is -4.32. The summed E-state index contributed by atoms with van der Waals surface area (Å²) in [7, 11) is 0. The van der Waals surface area contributed by atoms with Crippen LogP contribution in [-0.4, -0.2) is 12.2 Å². The first-order chi connectivity index (χ1) is 9.43. The van der Waals surface area contributed by atoms with Crippen LogP contribution in [0.25, 0.3) is 0 Å². The number of alkyl halides is 3. The van der Waals surface area contributed by atoms with Crippen molar-refractivity contribution in [2.45, 2.75) is 44.1 Å². The lowest BCUT2D eigenvalue weighted by Crippen LogP contribution is -2.33. The maximum Gasteiger partial charge on any atom is 0.416 e. The number of rotatable bonds is 2. The molecule has 5 heteroatoms. The Balaban J connectivity index is 1.79. The quantitative estimate of drug-likeness (QED) is 0.828. The molecule has 1 aromatic carbocycles. The molecule has 2 fully saturated rings. The summed E-state index contributed by atoms with van der Waals surface area (Å²) in [6.07, 6.45) is -1.23. The molecular weight excluding hydrogens is 267 g/mol. The third kappa shape index (κ3) is 2.18. The molecule has 0 saturated carbocycles. The van der Waals surface area contributed by atoms with Gasteiger partial charge in [0, 0.05) is 0 Å². The van der Waals surface area contributed by atoms with Crippen molar-refractivity contribution in [3.8, 4) is 6.07 Å². The van der Waals surface area contributed by atoms with Gasteiger partial charge in [-0.3, -0.25) is 0 Å². The second kappa shape index (κ2) is 4.49. The fraction of sp³-hybridized carbons (Fsp3) is 0.533. The van der Waals surface area contributed by atoms with Gasteiger partial charge in [0.2, 0.25) is 0 Å². The molecule has 2 aliphatic heterocycles. The van der Waals surface area contributed by atoms with E-state index in [0.29, 0.717) is 12.8 Å². The van der Waals surface area contributed by atoms with Crippen LogP contribution in [0.15, 0.2) is 24.3 Å². The van der Waals surface area contributed by atoms with Crippen molar-refractivity contribution >= 4 is 0 Å². The Labute approximate surface area is 115 Å². The average molecular weight is 281 g/mol. The zero-order chi connectivity index (χ0) is 14.4. The highest BCUT2D eigenvalue weighted by molar-refractivity contribution is 5.28. The number of ether oxygens (including phenoxy) is 1. The summed E-state index contributed by atoms with van der Waals surface area (Å²) < 4.78 is 43.3. The number of hydrogen-bond acceptors (Lipinski definition) is 2. The lowest BCUT2D eigenvalue weighted by Gasteiger charge is -2.28. The predicted molar refractivity (Wildman–Crippen MR) is 65.7 cm³/mol. The van der Waals surface area contributed by atoms with Gasteiger partial charge in [-0.05, 0) is 43.4 Å². The van der Waals surface area contributed by atoms with Crippen molar-refractivity contribution in [3.05, 3.63) is 35.4 Å². The van der Waals surface area contributed by atoms with Gasteiger partial charge in [-0.1, -0.05) is 12.1 Å². The average Bonchev–Trinajstić information content (AvgIpc) is 2.99. The van der Waals surface area contributed by atoms with Gasteiger partial charge in [0.1, 0.15) is 0 Å². The zero-order valence-electron chi connectivity index (χ0n) is 10.8. The summed E-state index contributed by atoms with van der Waals surface area (Å²) in [5, 5.41) is 9.47. The molecule has 2 saturated heterocycles. The molecule has 0 spiro atoms. The number of nitrogens with zero attached hydrogens (tertiary/aromatic N) is 1. The maximum absolute atomic E-state index is 12.5. The fourth-order valence-corrected chi connectivity index (χ4v) is 3.32. The summed E-state index contributed by atoms with van der Waals surface area (Å²) in [5.74, 6) is 0. The smallest absolute Gasteiger partial charge is 0.373 e. The SMILES string of the molecule is N#CC1(Cc2ccc(C(F)(F)F)cc2)CC2CCC1O2. The summed E-state index contributed by atoms with van der Waals surface area (Å²) in [4.78, 5) is 0. The Kier molecular flexibility index (Phi) is 3.02. The molecule has 20 heavy (non-hydrogen) atoms. The van der Waals surface area contributed by atoms with Gasteiger partial charge >= 0.3 is 6.18 Å². The largest absolute Gasteiger partial charge is 0.416 e. The molecule has 0 amide bonds. The molecule has 2 aliphatic rings. The minimum absolute atomic E-state index is 0.0696. The molecular formula is C15H14F3NO. The Morgan fingerprint density at radius 3 is 2.40 bits per heavy atom. The molecule has 2 bridgehead atoms. The lowest BCUT2D eigenvalue weighted by molar-refractivity contribution is -0.137. The van der Waals surface area contributed by atoms with Gasteiger partial charge in [-0.15, -0.1) is 0 Å². The van der Waals surface area contributed by atoms with E-state index in [-0.39, 0.29) is 12.2 Å². The van der Waals surface area contributed by atoms with E-state index >= 15 is 0 Å². The van der Waals surface area contributed by atoms with Gasteiger partial charge in [0.15, 0.2) is 0 Å². The first kappa shape index (κ1) is 13.4. The van der Waals surface area contributed by atoms with E-state index in [1.165, 1.54) is 12.1 Å². The number of nitriles is 1. The van der Waals surface area contributed by atoms with E-state index in [4.69, 9.17) is 4.74 Å². The topological polar surface area (TPSA) is 33.0 Å². The molecule has 3 rings (SSSR count). The Hall–Kier alpha value is -1.54. The predicted octanol–water partition coefficient (Wildman–Crippen LogP) is 3.71. The summed E-state index contributed by atoms with van der Waals surface area (Å²) >= 11 is 0. The molecule has 0 aromatic heterocycles. The standard InChI is InChI=1S/C15H14F3NO/c16-15(17,18)11-3-1-10(2-4-11)7-14(9-19)8-12-5-6-13(14)20-12/h1-4,12-13H,5-8H2. The maximum atomic E-state index is 12.5. The van der Waals surface area contributed by atoms with Crippen LogP contribution in [0, 0.1) is 16.7 Å². The summed E-state index contributed by atoms with van der Waals surface area (Å²) in [6, 6.07) is 7.44. The van der Waals surface area contributed by atoms with Crippen LogP contribution in [-0.2, 0) is 17.3 Å². The van der Waals surface area contributed by atoms with Crippen molar-refractivity contribution < 1.29 is 17.9 Å². The van der Waals surface area contributed by atoms with Crippen molar-refractivity contribution in [2.75, 3.05) is 0 Å². The normalized spacial score (nSPS) is 32.3. The van der Waals surface area contributed by atoms with Crippen LogP contribution in [0.1, 0.15) is 30.4 Å². The number of fused-ring (bicyclic) bond motifs is 2. The highest BCUT2D eigenvalue weighted by atomic mass is 19.4. The van der Waals surface area contributed by atoms with Gasteiger partial charge in [-0.25, -0.2) is 0 Å². The highest BCUT2D eigenvalue weighted by Gasteiger charge is 2.52. The fourth-order valence-electron chi connectivity index (χ4n) is 3.32. The number of benzene rings is 1. The van der Waals surface area contributed by atoms with E-state index in [1.807, 2.05) is 0 Å². The van der Waals surface area contributed by atoms with E-state index in [2.05, 4.69) is 6.07 Å². The first-order valence-electron chi connectivity index (χ1n) is 6.66. The van der Waals surface area contributed by atoms with Gasteiger partial charge < -0.3 is 4.74 Å². The molecule has 0 radical (unpaired) electrons. The van der Waals surface area contributed by atoms with E-state index in [1.54, 1.807) is 0 Å². The van der Waals surface area contributed by atoms with E-state index < -0.39 is 17.2 Å². The third-order valence-corrected chi connectivity index (χ3v) is 4.34. The zero-order valence-corrected chi connectivity index (χ0v) is 10.8. The highest BCUT2D eigenvalue weighted by Crippen LogP contribution is 2.49. The first-order valence-corrected chi connectivity index (χ1v) is 6.66. The molecule has 3 atom stereocenters. The Morgan fingerprint density at radius 1 is 1.25 bits per heavy atom. The number of hydrogen-bond donors (Lipinski definition) is 0. The van der Waals surface area contributed by atoms with Crippen molar-refractivity contribution in [1.29, 1.82) is 5.26 Å². The van der Waals surface area contributed by atoms with Gasteiger partial charge in [0.05, 0.1) is 29.3 Å². The van der Waals surface area contributed by atoms with Gasteiger partial charge in [0.25, 0.3) is 0 Å². The number of halogens is 3. The van der Waals surface area contributed by atoms with Crippen LogP contribution in [0.5, 0.6) is 0 Å². The van der Waals surface area contributed by atoms with Crippen LogP contribution in [0.3, 0.4) is 0 Å². The van der Waals surface area contributed by atoms with Gasteiger partial charge in [-0.2, -0.15) is 18.4 Å². The van der Waals surface area contributed by atoms with Crippen LogP contribution in [0.4, 0.5) is 13.2 Å². The summed E-state index contributed by atoms with van der Waals surface area (Å²) in [6.45, 7) is 0. The van der Waals surface area contributed by atoms with E-state index in [9.17, 15) is 18.4 Å². The molecule has 1 aromatic rings. The summed E-state index contributed by atoms with van der Waals surface area (Å²) in [5.41, 5.74) is -0.463. The molecule has 0 aliphatic carbocycles. The van der Waals surface area contributed by atoms with Crippen LogP contribution in [0.2, 0.25) is 0 Å². The molecule has 2 nitrogen and oxygen atoms in total.